The minimum Gasteiger partial charge on any atom is -0.506 e. The SMILES string of the molecule is CCCN(CC(=O)NC)Cc1ccc(O)cn1. The molecule has 0 unspecified atom stereocenters. The summed E-state index contributed by atoms with van der Waals surface area (Å²) in [5.74, 6) is 0.152. The van der Waals surface area contributed by atoms with Crippen LogP contribution in [0, 0.1) is 0 Å². The van der Waals surface area contributed by atoms with Gasteiger partial charge < -0.3 is 10.4 Å². The zero-order chi connectivity index (χ0) is 12.7. The summed E-state index contributed by atoms with van der Waals surface area (Å²) in [6.07, 6.45) is 2.40. The van der Waals surface area contributed by atoms with E-state index in [1.165, 1.54) is 6.20 Å². The fraction of sp³-hybridized carbons (Fsp3) is 0.500. The van der Waals surface area contributed by atoms with Crippen molar-refractivity contribution in [3.8, 4) is 5.75 Å². The molecule has 1 aromatic heterocycles. The molecule has 0 saturated heterocycles. The maximum absolute atomic E-state index is 11.3. The van der Waals surface area contributed by atoms with Gasteiger partial charge in [0.25, 0.3) is 0 Å². The van der Waals surface area contributed by atoms with Crippen molar-refractivity contribution in [1.29, 1.82) is 0 Å². The van der Waals surface area contributed by atoms with E-state index >= 15 is 0 Å². The van der Waals surface area contributed by atoms with Crippen molar-refractivity contribution in [3.05, 3.63) is 24.0 Å². The van der Waals surface area contributed by atoms with Gasteiger partial charge >= 0.3 is 0 Å². The standard InChI is InChI=1S/C12H19N3O2/c1-3-6-15(9-12(17)13-2)8-10-4-5-11(16)7-14-10/h4-5,7,16H,3,6,8-9H2,1-2H3,(H,13,17). The summed E-state index contributed by atoms with van der Waals surface area (Å²) in [4.78, 5) is 17.5. The van der Waals surface area contributed by atoms with Crippen LogP contribution in [0.25, 0.3) is 0 Å². The van der Waals surface area contributed by atoms with Gasteiger partial charge in [0.2, 0.25) is 5.91 Å². The number of hydrogen-bond donors (Lipinski definition) is 2. The first-order valence-electron chi connectivity index (χ1n) is 5.72. The van der Waals surface area contributed by atoms with Crippen LogP contribution in [0.2, 0.25) is 0 Å². The highest BCUT2D eigenvalue weighted by atomic mass is 16.3. The second-order valence-corrected chi connectivity index (χ2v) is 3.89. The fourth-order valence-corrected chi connectivity index (χ4v) is 1.55. The molecule has 0 radical (unpaired) electrons. The molecule has 0 aromatic carbocycles. The molecule has 1 heterocycles. The Bertz CT molecular complexity index is 351. The number of hydrogen-bond acceptors (Lipinski definition) is 4. The summed E-state index contributed by atoms with van der Waals surface area (Å²) in [5, 5.41) is 11.7. The molecule has 94 valence electrons. The number of nitrogens with zero attached hydrogens (tertiary/aromatic N) is 2. The number of carbonyl (C=O) groups excluding carboxylic acids is 1. The molecule has 5 heteroatoms. The number of pyridine rings is 1. The number of rotatable bonds is 6. The van der Waals surface area contributed by atoms with Crippen molar-refractivity contribution in [1.82, 2.24) is 15.2 Å². The Labute approximate surface area is 101 Å². The minimum atomic E-state index is -0.00257. The topological polar surface area (TPSA) is 65.5 Å². The van der Waals surface area contributed by atoms with Crippen LogP contribution in [0.1, 0.15) is 19.0 Å². The highest BCUT2D eigenvalue weighted by Gasteiger charge is 2.09. The zero-order valence-electron chi connectivity index (χ0n) is 10.3. The first kappa shape index (κ1) is 13.4. The monoisotopic (exact) mass is 237 g/mol. The highest BCUT2D eigenvalue weighted by molar-refractivity contribution is 5.77. The van der Waals surface area contributed by atoms with Gasteiger partial charge in [0.1, 0.15) is 5.75 Å². The van der Waals surface area contributed by atoms with E-state index in [0.717, 1.165) is 18.7 Å². The number of nitrogens with one attached hydrogen (secondary N) is 1. The van der Waals surface area contributed by atoms with Crippen LogP contribution in [0.15, 0.2) is 18.3 Å². The van der Waals surface area contributed by atoms with Crippen molar-refractivity contribution in [3.63, 3.8) is 0 Å². The largest absolute Gasteiger partial charge is 0.506 e. The number of aromatic hydroxyl groups is 1. The average molecular weight is 237 g/mol. The van der Waals surface area contributed by atoms with Crippen molar-refractivity contribution < 1.29 is 9.90 Å². The summed E-state index contributed by atoms with van der Waals surface area (Å²) in [5.41, 5.74) is 0.847. The molecule has 0 fully saturated rings. The quantitative estimate of drug-likeness (QED) is 0.766. The van der Waals surface area contributed by atoms with Crippen LogP contribution in [0.3, 0.4) is 0 Å². The minimum absolute atomic E-state index is 0.00257. The van der Waals surface area contributed by atoms with E-state index in [0.29, 0.717) is 13.1 Å². The molecule has 1 rings (SSSR count). The average Bonchev–Trinajstić information content (AvgIpc) is 2.32. The lowest BCUT2D eigenvalue weighted by atomic mass is 10.3. The normalized spacial score (nSPS) is 10.5. The summed E-state index contributed by atoms with van der Waals surface area (Å²) < 4.78 is 0. The zero-order valence-corrected chi connectivity index (χ0v) is 10.3. The molecular weight excluding hydrogens is 218 g/mol. The first-order valence-corrected chi connectivity index (χ1v) is 5.72. The molecule has 0 saturated carbocycles. The Hall–Kier alpha value is -1.62. The van der Waals surface area contributed by atoms with Crippen LogP contribution >= 0.6 is 0 Å². The van der Waals surface area contributed by atoms with E-state index in [2.05, 4.69) is 17.2 Å². The third-order valence-corrected chi connectivity index (χ3v) is 2.38. The fourth-order valence-electron chi connectivity index (χ4n) is 1.55. The first-order chi connectivity index (χ1) is 8.15. The van der Waals surface area contributed by atoms with Gasteiger partial charge in [0, 0.05) is 13.6 Å². The van der Waals surface area contributed by atoms with Crippen molar-refractivity contribution in [2.45, 2.75) is 19.9 Å². The predicted molar refractivity (Wildman–Crippen MR) is 65.5 cm³/mol. The Kier molecular flexibility index (Phi) is 5.42. The summed E-state index contributed by atoms with van der Waals surface area (Å²) in [6, 6.07) is 3.37. The summed E-state index contributed by atoms with van der Waals surface area (Å²) in [6.45, 7) is 3.89. The van der Waals surface area contributed by atoms with Crippen molar-refractivity contribution in [2.75, 3.05) is 20.1 Å². The lowest BCUT2D eigenvalue weighted by molar-refractivity contribution is -0.121. The number of likely N-dealkylation sites (N-methyl/N-ethyl adjacent to an activating group) is 1. The Morgan fingerprint density at radius 1 is 1.53 bits per heavy atom. The van der Waals surface area contributed by atoms with Crippen molar-refractivity contribution in [2.24, 2.45) is 0 Å². The lowest BCUT2D eigenvalue weighted by Crippen LogP contribution is -2.35. The molecule has 17 heavy (non-hydrogen) atoms. The van der Waals surface area contributed by atoms with E-state index in [9.17, 15) is 4.79 Å². The maximum Gasteiger partial charge on any atom is 0.233 e. The van der Waals surface area contributed by atoms with Crippen LogP contribution in [-0.4, -0.2) is 41.0 Å². The molecule has 0 bridgehead atoms. The van der Waals surface area contributed by atoms with E-state index in [1.807, 2.05) is 4.90 Å². The smallest absolute Gasteiger partial charge is 0.233 e. The number of carbonyl (C=O) groups is 1. The Morgan fingerprint density at radius 2 is 2.29 bits per heavy atom. The van der Waals surface area contributed by atoms with E-state index in [-0.39, 0.29) is 11.7 Å². The number of aromatic nitrogens is 1. The van der Waals surface area contributed by atoms with Crippen LogP contribution in [0.5, 0.6) is 5.75 Å². The van der Waals surface area contributed by atoms with E-state index in [4.69, 9.17) is 5.11 Å². The lowest BCUT2D eigenvalue weighted by Gasteiger charge is -2.20. The highest BCUT2D eigenvalue weighted by Crippen LogP contribution is 2.08. The maximum atomic E-state index is 11.3. The summed E-state index contributed by atoms with van der Waals surface area (Å²) >= 11 is 0. The van der Waals surface area contributed by atoms with Gasteiger partial charge in [0.15, 0.2) is 0 Å². The summed E-state index contributed by atoms with van der Waals surface area (Å²) in [7, 11) is 1.63. The van der Waals surface area contributed by atoms with Gasteiger partial charge in [-0.2, -0.15) is 0 Å². The third-order valence-electron chi connectivity index (χ3n) is 2.38. The van der Waals surface area contributed by atoms with Crippen LogP contribution < -0.4 is 5.32 Å². The van der Waals surface area contributed by atoms with E-state index in [1.54, 1.807) is 19.2 Å². The van der Waals surface area contributed by atoms with Gasteiger partial charge in [-0.1, -0.05) is 6.92 Å². The molecule has 2 N–H and O–H groups in total. The van der Waals surface area contributed by atoms with Gasteiger partial charge in [-0.25, -0.2) is 0 Å². The molecular formula is C12H19N3O2. The predicted octanol–water partition coefficient (Wildman–Crippen LogP) is 0.745. The molecule has 0 spiro atoms. The van der Waals surface area contributed by atoms with Gasteiger partial charge in [-0.3, -0.25) is 14.7 Å². The van der Waals surface area contributed by atoms with Gasteiger partial charge in [-0.15, -0.1) is 0 Å². The molecule has 0 aliphatic carbocycles. The molecule has 1 amide bonds. The molecule has 5 nitrogen and oxygen atoms in total. The van der Waals surface area contributed by atoms with Gasteiger partial charge in [-0.05, 0) is 25.1 Å². The van der Waals surface area contributed by atoms with Crippen LogP contribution in [0.4, 0.5) is 0 Å². The molecule has 0 atom stereocenters. The van der Waals surface area contributed by atoms with E-state index < -0.39 is 0 Å². The number of amides is 1. The van der Waals surface area contributed by atoms with Crippen molar-refractivity contribution >= 4 is 5.91 Å². The third kappa shape index (κ3) is 4.82. The Balaban J connectivity index is 2.59. The second-order valence-electron chi connectivity index (χ2n) is 3.89. The second kappa shape index (κ2) is 6.85. The molecule has 1 aromatic rings. The molecule has 0 aliphatic rings. The molecule has 0 aliphatic heterocycles. The Morgan fingerprint density at radius 3 is 2.82 bits per heavy atom. The van der Waals surface area contributed by atoms with Gasteiger partial charge in [0.05, 0.1) is 18.4 Å². The van der Waals surface area contributed by atoms with Crippen LogP contribution in [-0.2, 0) is 11.3 Å².